The molecule has 1 N–H and O–H groups in total. The number of hydrogen-bond donors (Lipinski definition) is 1. The number of aryl methyl sites for hydroxylation is 1. The van der Waals surface area contributed by atoms with Gasteiger partial charge in [-0.15, -0.1) is 0 Å². The maximum atomic E-state index is 13.0. The lowest BCUT2D eigenvalue weighted by molar-refractivity contribution is -0.151. The number of aromatic nitrogens is 1. The predicted octanol–water partition coefficient (Wildman–Crippen LogP) is 3.68. The number of hydrogen-bond acceptors (Lipinski definition) is 4. The number of aromatic amines is 1. The van der Waals surface area contributed by atoms with Crippen molar-refractivity contribution in [1.29, 1.82) is 0 Å². The number of ether oxygens (including phenoxy) is 1. The smallest absolute Gasteiger partial charge is 0.311 e. The van der Waals surface area contributed by atoms with Crippen LogP contribution in [0.25, 0.3) is 10.9 Å². The molecule has 0 saturated carbocycles. The SMILES string of the molecule is Cc1[nH]c2ccccc2c1C(=O)[C@@H](C)OC(=O)[C@H]1CC(=O)N(CCc2ccccc2)C1. The molecular weight excluding hydrogens is 392 g/mol. The number of nitrogens with one attached hydrogen (secondary N) is 1. The highest BCUT2D eigenvalue weighted by molar-refractivity contribution is 6.11. The average molecular weight is 418 g/mol. The molecule has 0 aliphatic carbocycles. The Morgan fingerprint density at radius 2 is 1.84 bits per heavy atom. The number of carbonyl (C=O) groups excluding carboxylic acids is 3. The minimum atomic E-state index is -0.918. The van der Waals surface area contributed by atoms with Crippen molar-refractivity contribution in [2.75, 3.05) is 13.1 Å². The number of para-hydroxylation sites is 1. The Balaban J connectivity index is 1.37. The molecule has 1 aromatic heterocycles. The summed E-state index contributed by atoms with van der Waals surface area (Å²) in [5.74, 6) is -1.32. The number of ketones is 1. The van der Waals surface area contributed by atoms with E-state index in [1.165, 1.54) is 0 Å². The molecule has 1 saturated heterocycles. The molecule has 6 heteroatoms. The van der Waals surface area contributed by atoms with Gasteiger partial charge >= 0.3 is 5.97 Å². The summed E-state index contributed by atoms with van der Waals surface area (Å²) < 4.78 is 5.50. The molecule has 0 radical (unpaired) electrons. The van der Waals surface area contributed by atoms with Crippen LogP contribution < -0.4 is 0 Å². The van der Waals surface area contributed by atoms with E-state index in [0.717, 1.165) is 28.6 Å². The number of carbonyl (C=O) groups is 3. The fourth-order valence-corrected chi connectivity index (χ4v) is 4.18. The van der Waals surface area contributed by atoms with E-state index < -0.39 is 18.0 Å². The Hall–Kier alpha value is -3.41. The molecule has 1 aliphatic rings. The second kappa shape index (κ2) is 8.76. The molecule has 2 heterocycles. The molecule has 3 aromatic rings. The molecule has 1 amide bonds. The van der Waals surface area contributed by atoms with Gasteiger partial charge in [0.15, 0.2) is 6.10 Å². The number of Topliss-reactive ketones (excluding diaryl/α,β-unsaturated/α-hetero) is 1. The van der Waals surface area contributed by atoms with Gasteiger partial charge in [-0.2, -0.15) is 0 Å². The first kappa shape index (κ1) is 20.8. The van der Waals surface area contributed by atoms with Crippen molar-refractivity contribution in [2.24, 2.45) is 5.92 Å². The third-order valence-electron chi connectivity index (χ3n) is 5.86. The quantitative estimate of drug-likeness (QED) is 0.469. The standard InChI is InChI=1S/C25H26N2O4/c1-16-23(20-10-6-7-11-21(20)26-16)24(29)17(2)31-25(30)19-14-22(28)27(15-19)13-12-18-8-4-3-5-9-18/h3-11,17,19,26H,12-15H2,1-2H3/t17-,19+/m1/s1. The lowest BCUT2D eigenvalue weighted by Gasteiger charge is -2.18. The molecule has 2 aromatic carbocycles. The number of amides is 1. The lowest BCUT2D eigenvalue weighted by Crippen LogP contribution is -2.31. The molecule has 4 rings (SSSR count). The van der Waals surface area contributed by atoms with Crippen molar-refractivity contribution >= 4 is 28.6 Å². The topological polar surface area (TPSA) is 79.5 Å². The van der Waals surface area contributed by atoms with Gasteiger partial charge in [0.2, 0.25) is 11.7 Å². The summed E-state index contributed by atoms with van der Waals surface area (Å²) in [6, 6.07) is 17.5. The fourth-order valence-electron chi connectivity index (χ4n) is 4.18. The van der Waals surface area contributed by atoms with Crippen LogP contribution in [0.5, 0.6) is 0 Å². The van der Waals surface area contributed by atoms with E-state index in [9.17, 15) is 14.4 Å². The normalized spacial score (nSPS) is 17.2. The van der Waals surface area contributed by atoms with Crippen LogP contribution in [0.15, 0.2) is 54.6 Å². The van der Waals surface area contributed by atoms with Crippen LogP contribution in [-0.2, 0) is 20.7 Å². The Morgan fingerprint density at radius 3 is 2.61 bits per heavy atom. The van der Waals surface area contributed by atoms with Gasteiger partial charge in [-0.3, -0.25) is 14.4 Å². The van der Waals surface area contributed by atoms with E-state index in [2.05, 4.69) is 4.98 Å². The molecule has 31 heavy (non-hydrogen) atoms. The Labute approximate surface area is 181 Å². The van der Waals surface area contributed by atoms with Gasteiger partial charge in [0.25, 0.3) is 0 Å². The maximum absolute atomic E-state index is 13.0. The van der Waals surface area contributed by atoms with Gasteiger partial charge in [0.1, 0.15) is 0 Å². The summed E-state index contributed by atoms with van der Waals surface area (Å²) in [5.41, 5.74) is 3.31. The largest absolute Gasteiger partial charge is 0.454 e. The molecule has 6 nitrogen and oxygen atoms in total. The number of fused-ring (bicyclic) bond motifs is 1. The van der Waals surface area contributed by atoms with E-state index in [-0.39, 0.29) is 18.1 Å². The minimum Gasteiger partial charge on any atom is -0.454 e. The zero-order valence-electron chi connectivity index (χ0n) is 17.8. The van der Waals surface area contributed by atoms with Gasteiger partial charge in [0.05, 0.1) is 5.92 Å². The highest BCUT2D eigenvalue weighted by Crippen LogP contribution is 2.25. The van der Waals surface area contributed by atoms with Crippen LogP contribution in [0.4, 0.5) is 0 Å². The van der Waals surface area contributed by atoms with Gasteiger partial charge in [-0.1, -0.05) is 48.5 Å². The number of H-pyrrole nitrogens is 1. The lowest BCUT2D eigenvalue weighted by atomic mass is 10.0. The van der Waals surface area contributed by atoms with Gasteiger partial charge in [-0.05, 0) is 31.9 Å². The van der Waals surface area contributed by atoms with E-state index in [1.807, 2.05) is 61.5 Å². The predicted molar refractivity (Wildman–Crippen MR) is 118 cm³/mol. The van der Waals surface area contributed by atoms with Crippen LogP contribution in [-0.4, -0.2) is 46.7 Å². The van der Waals surface area contributed by atoms with Crippen molar-refractivity contribution < 1.29 is 19.1 Å². The van der Waals surface area contributed by atoms with Crippen molar-refractivity contribution in [2.45, 2.75) is 32.8 Å². The number of likely N-dealkylation sites (tertiary alicyclic amines) is 1. The van der Waals surface area contributed by atoms with Crippen LogP contribution in [0.2, 0.25) is 0 Å². The van der Waals surface area contributed by atoms with Crippen molar-refractivity contribution in [3.05, 3.63) is 71.4 Å². The van der Waals surface area contributed by atoms with Crippen LogP contribution in [0.1, 0.15) is 35.0 Å². The zero-order valence-corrected chi connectivity index (χ0v) is 17.8. The molecule has 160 valence electrons. The summed E-state index contributed by atoms with van der Waals surface area (Å²) in [4.78, 5) is 42.9. The molecule has 0 unspecified atom stereocenters. The molecule has 0 spiro atoms. The van der Waals surface area contributed by atoms with Gasteiger partial charge in [0, 0.05) is 41.7 Å². The first-order chi connectivity index (χ1) is 14.9. The average Bonchev–Trinajstić information content (AvgIpc) is 3.31. The number of rotatable bonds is 7. The highest BCUT2D eigenvalue weighted by Gasteiger charge is 2.36. The van der Waals surface area contributed by atoms with Crippen molar-refractivity contribution in [3.63, 3.8) is 0 Å². The molecule has 0 bridgehead atoms. The van der Waals surface area contributed by atoms with Crippen molar-refractivity contribution in [3.8, 4) is 0 Å². The summed E-state index contributed by atoms with van der Waals surface area (Å²) >= 11 is 0. The van der Waals surface area contributed by atoms with Crippen LogP contribution in [0, 0.1) is 12.8 Å². The van der Waals surface area contributed by atoms with Crippen LogP contribution >= 0.6 is 0 Å². The third-order valence-corrected chi connectivity index (χ3v) is 5.86. The Morgan fingerprint density at radius 1 is 1.13 bits per heavy atom. The van der Waals surface area contributed by atoms with E-state index in [1.54, 1.807) is 11.8 Å². The summed E-state index contributed by atoms with van der Waals surface area (Å²) in [6.07, 6.45) is -0.0529. The van der Waals surface area contributed by atoms with E-state index in [0.29, 0.717) is 18.7 Å². The Bertz CT molecular complexity index is 1120. The van der Waals surface area contributed by atoms with E-state index in [4.69, 9.17) is 4.74 Å². The second-order valence-electron chi connectivity index (χ2n) is 8.09. The first-order valence-corrected chi connectivity index (χ1v) is 10.6. The van der Waals surface area contributed by atoms with Gasteiger partial charge in [-0.25, -0.2) is 0 Å². The first-order valence-electron chi connectivity index (χ1n) is 10.6. The fraction of sp³-hybridized carbons (Fsp3) is 0.320. The van der Waals surface area contributed by atoms with Crippen LogP contribution in [0.3, 0.4) is 0 Å². The minimum absolute atomic E-state index is 0.0515. The molecule has 1 aliphatic heterocycles. The molecule has 1 fully saturated rings. The summed E-state index contributed by atoms with van der Waals surface area (Å²) in [6.45, 7) is 4.32. The summed E-state index contributed by atoms with van der Waals surface area (Å²) in [7, 11) is 0. The zero-order chi connectivity index (χ0) is 22.0. The monoisotopic (exact) mass is 418 g/mol. The third kappa shape index (κ3) is 4.38. The summed E-state index contributed by atoms with van der Waals surface area (Å²) in [5, 5.41) is 0.816. The number of benzene rings is 2. The molecular formula is C25H26N2O4. The van der Waals surface area contributed by atoms with E-state index >= 15 is 0 Å². The van der Waals surface area contributed by atoms with Crippen molar-refractivity contribution in [1.82, 2.24) is 9.88 Å². The highest BCUT2D eigenvalue weighted by atomic mass is 16.5. The van der Waals surface area contributed by atoms with Gasteiger partial charge < -0.3 is 14.6 Å². The molecule has 2 atom stereocenters. The second-order valence-corrected chi connectivity index (χ2v) is 8.09. The Kier molecular flexibility index (Phi) is 5.89. The number of esters is 1. The maximum Gasteiger partial charge on any atom is 0.311 e. The number of nitrogens with zero attached hydrogens (tertiary/aromatic N) is 1.